The minimum Gasteiger partial charge on any atom is -0.286 e. The van der Waals surface area contributed by atoms with Crippen molar-refractivity contribution in [1.82, 2.24) is 10.2 Å². The summed E-state index contributed by atoms with van der Waals surface area (Å²) in [4.78, 5) is 0. The van der Waals surface area contributed by atoms with Crippen LogP contribution >= 0.6 is 36.6 Å². The molecule has 86 valence electrons. The Morgan fingerprint density at radius 1 is 1.47 bits per heavy atom. The molecule has 0 amide bonds. The Morgan fingerprint density at radius 3 is 2.60 bits per heavy atom. The van der Waals surface area contributed by atoms with Crippen molar-refractivity contribution >= 4 is 46.7 Å². The molecular formula is C6H10N2O3S4. The Kier molecular flexibility index (Phi) is 4.84. The molecule has 0 bridgehead atoms. The molecule has 1 heterocycles. The molecule has 9 heteroatoms. The van der Waals surface area contributed by atoms with Gasteiger partial charge < -0.3 is 0 Å². The molecular weight excluding hydrogens is 276 g/mol. The first-order chi connectivity index (χ1) is 6.88. The molecule has 1 atom stereocenters. The number of hydrogen-bond donors (Lipinski definition) is 3. The summed E-state index contributed by atoms with van der Waals surface area (Å²) in [6, 6.07) is 0. The van der Waals surface area contributed by atoms with Gasteiger partial charge in [0.1, 0.15) is 5.01 Å². The summed E-state index contributed by atoms with van der Waals surface area (Å²) in [5.74, 6) is -0.253. The number of hydrogen-bond acceptors (Lipinski definition) is 7. The zero-order chi connectivity index (χ0) is 11.5. The van der Waals surface area contributed by atoms with Crippen LogP contribution in [0.5, 0.6) is 0 Å². The maximum Gasteiger partial charge on any atom is 0.264 e. The second kappa shape index (κ2) is 5.48. The Hall–Kier alpha value is 0.170. The molecule has 0 radical (unpaired) electrons. The number of nitrogens with zero attached hydrogens (tertiary/aromatic N) is 2. The van der Waals surface area contributed by atoms with Crippen molar-refractivity contribution in [2.45, 2.75) is 22.4 Å². The van der Waals surface area contributed by atoms with E-state index in [1.165, 1.54) is 11.3 Å². The summed E-state index contributed by atoms with van der Waals surface area (Å²) >= 11 is 9.58. The molecule has 0 fully saturated rings. The highest BCUT2D eigenvalue weighted by Crippen LogP contribution is 2.28. The molecule has 0 saturated carbocycles. The van der Waals surface area contributed by atoms with Crippen LogP contribution in [0.2, 0.25) is 0 Å². The molecule has 15 heavy (non-hydrogen) atoms. The fourth-order valence-corrected chi connectivity index (χ4v) is 2.80. The van der Waals surface area contributed by atoms with Crippen molar-refractivity contribution in [3.05, 3.63) is 5.01 Å². The van der Waals surface area contributed by atoms with Crippen LogP contribution in [0, 0.1) is 0 Å². The SMILES string of the molecule is O=S(=O)(O)CCCC(S)c1nnc(S)s1. The lowest BCUT2D eigenvalue weighted by atomic mass is 10.2. The van der Waals surface area contributed by atoms with Crippen molar-refractivity contribution in [2.75, 3.05) is 5.75 Å². The molecule has 1 N–H and O–H groups in total. The minimum atomic E-state index is -3.88. The quantitative estimate of drug-likeness (QED) is 0.564. The lowest BCUT2D eigenvalue weighted by Gasteiger charge is -2.04. The third-order valence-corrected chi connectivity index (χ3v) is 4.28. The van der Waals surface area contributed by atoms with Gasteiger partial charge in [-0.25, -0.2) is 0 Å². The molecule has 0 aromatic carbocycles. The third kappa shape index (κ3) is 5.16. The maximum atomic E-state index is 10.4. The molecule has 1 aromatic rings. The highest BCUT2D eigenvalue weighted by Gasteiger charge is 2.13. The van der Waals surface area contributed by atoms with Crippen molar-refractivity contribution in [3.8, 4) is 0 Å². The molecule has 1 rings (SSSR count). The Labute approximate surface area is 103 Å². The first-order valence-electron chi connectivity index (χ1n) is 4.04. The third-order valence-electron chi connectivity index (χ3n) is 1.59. The average Bonchev–Trinajstić information content (AvgIpc) is 2.49. The Morgan fingerprint density at radius 2 is 2.13 bits per heavy atom. The van der Waals surface area contributed by atoms with Crippen molar-refractivity contribution in [3.63, 3.8) is 0 Å². The second-order valence-electron chi connectivity index (χ2n) is 2.87. The normalized spacial score (nSPS) is 14.1. The molecule has 0 aliphatic heterocycles. The Balaban J connectivity index is 2.40. The minimum absolute atomic E-state index is 0.162. The number of thiol groups is 2. The predicted octanol–water partition coefficient (Wildman–Crippen LogP) is 1.47. The highest BCUT2D eigenvalue weighted by molar-refractivity contribution is 7.85. The van der Waals surface area contributed by atoms with Gasteiger partial charge in [0, 0.05) is 0 Å². The van der Waals surface area contributed by atoms with E-state index in [9.17, 15) is 8.42 Å². The molecule has 0 aliphatic carbocycles. The van der Waals surface area contributed by atoms with Gasteiger partial charge in [0.05, 0.1) is 11.0 Å². The number of aromatic nitrogens is 2. The molecule has 0 spiro atoms. The van der Waals surface area contributed by atoms with E-state index in [2.05, 4.69) is 35.5 Å². The largest absolute Gasteiger partial charge is 0.286 e. The smallest absolute Gasteiger partial charge is 0.264 e. The van der Waals surface area contributed by atoms with Crippen LogP contribution in [0.1, 0.15) is 23.1 Å². The van der Waals surface area contributed by atoms with Gasteiger partial charge in [0.15, 0.2) is 4.34 Å². The van der Waals surface area contributed by atoms with Crippen LogP contribution in [0.15, 0.2) is 4.34 Å². The van der Waals surface area contributed by atoms with Gasteiger partial charge >= 0.3 is 0 Å². The van der Waals surface area contributed by atoms with Crippen LogP contribution in [0.4, 0.5) is 0 Å². The van der Waals surface area contributed by atoms with Gasteiger partial charge in [-0.1, -0.05) is 11.3 Å². The molecule has 5 nitrogen and oxygen atoms in total. The van der Waals surface area contributed by atoms with E-state index in [0.29, 0.717) is 22.2 Å². The van der Waals surface area contributed by atoms with E-state index >= 15 is 0 Å². The van der Waals surface area contributed by atoms with Crippen molar-refractivity contribution in [1.29, 1.82) is 0 Å². The van der Waals surface area contributed by atoms with E-state index in [4.69, 9.17) is 4.55 Å². The van der Waals surface area contributed by atoms with Crippen LogP contribution in [-0.2, 0) is 10.1 Å². The lowest BCUT2D eigenvalue weighted by Crippen LogP contribution is -2.04. The summed E-state index contributed by atoms with van der Waals surface area (Å²) in [5.41, 5.74) is 0. The topological polar surface area (TPSA) is 80.2 Å². The van der Waals surface area contributed by atoms with Crippen molar-refractivity contribution < 1.29 is 13.0 Å². The Bertz CT molecular complexity index is 416. The maximum absolute atomic E-state index is 10.4. The van der Waals surface area contributed by atoms with Crippen LogP contribution in [0.3, 0.4) is 0 Å². The summed E-state index contributed by atoms with van der Waals surface area (Å²) in [6.07, 6.45) is 0.861. The van der Waals surface area contributed by atoms with Crippen LogP contribution in [-0.4, -0.2) is 28.9 Å². The zero-order valence-corrected chi connectivity index (χ0v) is 11.0. The van der Waals surface area contributed by atoms with Gasteiger partial charge in [-0.05, 0) is 12.8 Å². The van der Waals surface area contributed by atoms with Crippen LogP contribution < -0.4 is 0 Å². The summed E-state index contributed by atoms with van der Waals surface area (Å²) in [7, 11) is -3.88. The van der Waals surface area contributed by atoms with Gasteiger partial charge in [0.2, 0.25) is 0 Å². The van der Waals surface area contributed by atoms with Gasteiger partial charge in [-0.3, -0.25) is 4.55 Å². The van der Waals surface area contributed by atoms with Gasteiger partial charge in [-0.2, -0.15) is 21.0 Å². The fraction of sp³-hybridized carbons (Fsp3) is 0.667. The summed E-state index contributed by atoms with van der Waals surface area (Å²) in [6.45, 7) is 0. The molecule has 1 unspecified atom stereocenters. The fourth-order valence-electron chi connectivity index (χ4n) is 0.944. The second-order valence-corrected chi connectivity index (χ2v) is 6.80. The average molecular weight is 286 g/mol. The summed E-state index contributed by atoms with van der Waals surface area (Å²) in [5, 5.41) is 8.09. The predicted molar refractivity (Wildman–Crippen MR) is 64.5 cm³/mol. The molecule has 0 saturated heterocycles. The van der Waals surface area contributed by atoms with Gasteiger partial charge in [0.25, 0.3) is 10.1 Å². The van der Waals surface area contributed by atoms with E-state index < -0.39 is 10.1 Å². The molecule has 1 aromatic heterocycles. The zero-order valence-electron chi connectivity index (χ0n) is 7.57. The standard InChI is InChI=1S/C6H10N2O3S4/c9-15(10,11)3-1-2-4(12)5-7-8-6(13)14-5/h4,12H,1-3H2,(H,8,13)(H,9,10,11). The van der Waals surface area contributed by atoms with E-state index in [-0.39, 0.29) is 11.0 Å². The lowest BCUT2D eigenvalue weighted by molar-refractivity contribution is 0.480. The first-order valence-corrected chi connectivity index (χ1v) is 7.43. The van der Waals surface area contributed by atoms with Gasteiger partial charge in [-0.15, -0.1) is 22.8 Å². The van der Waals surface area contributed by atoms with Crippen molar-refractivity contribution in [2.24, 2.45) is 0 Å². The summed E-state index contributed by atoms with van der Waals surface area (Å²) < 4.78 is 30.0. The van der Waals surface area contributed by atoms with Crippen LogP contribution in [0.25, 0.3) is 0 Å². The van der Waals surface area contributed by atoms with E-state index in [0.717, 1.165) is 0 Å². The van der Waals surface area contributed by atoms with E-state index in [1.807, 2.05) is 0 Å². The number of rotatable bonds is 5. The monoisotopic (exact) mass is 286 g/mol. The first kappa shape index (κ1) is 13.2. The van der Waals surface area contributed by atoms with E-state index in [1.54, 1.807) is 0 Å². The molecule has 0 aliphatic rings. The highest BCUT2D eigenvalue weighted by atomic mass is 32.2.